The Balaban J connectivity index is 2.28. The average molecular weight is 384 g/mol. The number of benzene rings is 1. The molecule has 1 aromatic rings. The number of esters is 1. The third-order valence-corrected chi connectivity index (χ3v) is 5.76. The molecule has 0 aromatic heterocycles. The molecule has 0 atom stereocenters. The van der Waals surface area contributed by atoms with Gasteiger partial charge in [0.15, 0.2) is 0 Å². The number of carbonyl (C=O) groups is 1. The Kier molecular flexibility index (Phi) is 6.27. The highest BCUT2D eigenvalue weighted by Crippen LogP contribution is 2.30. The number of nitro benzene ring substituents is 1. The zero-order chi connectivity index (χ0) is 19.3. The van der Waals surface area contributed by atoms with Crippen molar-refractivity contribution in [2.75, 3.05) is 25.6 Å². The standard InChI is InChI=1S/C15H20N4O6S/c1-11(9-15(20)25-2)16-17-13-6-5-12(10-14(13)19(21)22)26(23,24)18-7-3-4-8-18/h5-6,10,17H,3-4,7-9H2,1-2H3/b16-11-. The number of rotatable bonds is 7. The lowest BCUT2D eigenvalue weighted by molar-refractivity contribution is -0.384. The van der Waals surface area contributed by atoms with Crippen molar-refractivity contribution >= 4 is 33.1 Å². The van der Waals surface area contributed by atoms with Gasteiger partial charge in [-0.1, -0.05) is 0 Å². The summed E-state index contributed by atoms with van der Waals surface area (Å²) in [5.41, 5.74) is 2.47. The lowest BCUT2D eigenvalue weighted by Gasteiger charge is -2.15. The second-order valence-corrected chi connectivity index (χ2v) is 7.70. The molecule has 1 N–H and O–H groups in total. The van der Waals surface area contributed by atoms with Crippen molar-refractivity contribution in [2.45, 2.75) is 31.1 Å². The molecule has 1 aromatic carbocycles. The van der Waals surface area contributed by atoms with Gasteiger partial charge < -0.3 is 4.74 Å². The Labute approximate surface area is 151 Å². The number of anilines is 1. The van der Waals surface area contributed by atoms with E-state index in [9.17, 15) is 23.3 Å². The number of hydrogen-bond donors (Lipinski definition) is 1. The molecular weight excluding hydrogens is 364 g/mol. The summed E-state index contributed by atoms with van der Waals surface area (Å²) in [5.74, 6) is -0.491. The first-order valence-corrected chi connectivity index (χ1v) is 9.34. The van der Waals surface area contributed by atoms with Crippen molar-refractivity contribution in [2.24, 2.45) is 5.10 Å². The quantitative estimate of drug-likeness (QED) is 0.328. The molecule has 26 heavy (non-hydrogen) atoms. The normalized spacial score (nSPS) is 15.7. The lowest BCUT2D eigenvalue weighted by atomic mass is 10.3. The van der Waals surface area contributed by atoms with Crippen LogP contribution in [0.3, 0.4) is 0 Å². The van der Waals surface area contributed by atoms with Gasteiger partial charge in [-0.15, -0.1) is 0 Å². The number of hydrogen-bond acceptors (Lipinski definition) is 8. The summed E-state index contributed by atoms with van der Waals surface area (Å²) >= 11 is 0. The van der Waals surface area contributed by atoms with Gasteiger partial charge in [0.2, 0.25) is 10.0 Å². The fraction of sp³-hybridized carbons (Fsp3) is 0.467. The first-order chi connectivity index (χ1) is 12.3. The Morgan fingerprint density at radius 2 is 2.04 bits per heavy atom. The van der Waals surface area contributed by atoms with Crippen LogP contribution in [0.15, 0.2) is 28.2 Å². The fourth-order valence-electron chi connectivity index (χ4n) is 2.47. The second kappa shape index (κ2) is 8.23. The van der Waals surface area contributed by atoms with E-state index in [0.29, 0.717) is 18.8 Å². The molecule has 1 aliphatic rings. The maximum Gasteiger partial charge on any atom is 0.311 e. The minimum atomic E-state index is -3.76. The van der Waals surface area contributed by atoms with Crippen LogP contribution >= 0.6 is 0 Å². The van der Waals surface area contributed by atoms with E-state index >= 15 is 0 Å². The third-order valence-electron chi connectivity index (χ3n) is 3.86. The van der Waals surface area contributed by atoms with E-state index in [4.69, 9.17) is 0 Å². The van der Waals surface area contributed by atoms with Gasteiger partial charge in [-0.05, 0) is 31.9 Å². The van der Waals surface area contributed by atoms with E-state index < -0.39 is 26.6 Å². The molecule has 1 fully saturated rings. The Morgan fingerprint density at radius 3 is 2.62 bits per heavy atom. The molecule has 0 saturated carbocycles. The molecule has 1 heterocycles. The number of sulfonamides is 1. The van der Waals surface area contributed by atoms with Crippen LogP contribution < -0.4 is 5.43 Å². The average Bonchev–Trinajstić information content (AvgIpc) is 3.15. The second-order valence-electron chi connectivity index (χ2n) is 5.76. The molecule has 0 aliphatic carbocycles. The third kappa shape index (κ3) is 4.55. The maximum atomic E-state index is 12.5. The van der Waals surface area contributed by atoms with Gasteiger partial charge in [0.05, 0.1) is 23.3 Å². The van der Waals surface area contributed by atoms with Gasteiger partial charge in [-0.25, -0.2) is 8.42 Å². The van der Waals surface area contributed by atoms with Gasteiger partial charge in [-0.3, -0.25) is 20.3 Å². The van der Waals surface area contributed by atoms with E-state index in [-0.39, 0.29) is 17.0 Å². The monoisotopic (exact) mass is 384 g/mol. The molecule has 1 aliphatic heterocycles. The number of nitro groups is 1. The predicted octanol–water partition coefficient (Wildman–Crippen LogP) is 1.73. The van der Waals surface area contributed by atoms with E-state index in [1.165, 1.54) is 23.5 Å². The number of carbonyl (C=O) groups excluding carboxylic acids is 1. The van der Waals surface area contributed by atoms with Crippen LogP contribution in [0.1, 0.15) is 26.2 Å². The maximum absolute atomic E-state index is 12.5. The Hall–Kier alpha value is -2.53. The Bertz CT molecular complexity index is 831. The first kappa shape index (κ1) is 19.8. The van der Waals surface area contributed by atoms with Crippen LogP contribution in [0, 0.1) is 10.1 Å². The SMILES string of the molecule is COC(=O)C/C(C)=N\Nc1ccc(S(=O)(=O)N2CCCC2)cc1[N+](=O)[O-]. The molecule has 2 rings (SSSR count). The summed E-state index contributed by atoms with van der Waals surface area (Å²) in [6.07, 6.45) is 1.48. The summed E-state index contributed by atoms with van der Waals surface area (Å²) in [7, 11) is -2.51. The number of ether oxygens (including phenoxy) is 1. The highest BCUT2D eigenvalue weighted by molar-refractivity contribution is 7.89. The van der Waals surface area contributed by atoms with Gasteiger partial charge >= 0.3 is 5.97 Å². The van der Waals surface area contributed by atoms with Gasteiger partial charge in [0.1, 0.15) is 5.69 Å². The van der Waals surface area contributed by atoms with Crippen molar-refractivity contribution in [1.82, 2.24) is 4.31 Å². The summed E-state index contributed by atoms with van der Waals surface area (Å²) in [5, 5.41) is 15.2. The Morgan fingerprint density at radius 1 is 1.38 bits per heavy atom. The van der Waals surface area contributed by atoms with Crippen LogP contribution in [-0.4, -0.2) is 49.5 Å². The zero-order valence-corrected chi connectivity index (χ0v) is 15.3. The largest absolute Gasteiger partial charge is 0.469 e. The van der Waals surface area contributed by atoms with Crippen LogP contribution in [0.5, 0.6) is 0 Å². The number of nitrogens with one attached hydrogen (secondary N) is 1. The van der Waals surface area contributed by atoms with E-state index in [1.807, 2.05) is 0 Å². The van der Waals surface area contributed by atoms with Crippen molar-refractivity contribution < 1.29 is 22.9 Å². The van der Waals surface area contributed by atoms with Crippen LogP contribution in [0.25, 0.3) is 0 Å². The molecular formula is C15H20N4O6S. The molecule has 10 nitrogen and oxygen atoms in total. The smallest absolute Gasteiger partial charge is 0.311 e. The van der Waals surface area contributed by atoms with Crippen molar-refractivity contribution in [3.63, 3.8) is 0 Å². The number of nitrogens with zero attached hydrogens (tertiary/aromatic N) is 3. The topological polar surface area (TPSA) is 131 Å². The van der Waals surface area contributed by atoms with Crippen molar-refractivity contribution in [3.05, 3.63) is 28.3 Å². The molecule has 0 radical (unpaired) electrons. The minimum Gasteiger partial charge on any atom is -0.469 e. The number of methoxy groups -OCH3 is 1. The summed E-state index contributed by atoms with van der Waals surface area (Å²) in [6, 6.07) is 3.60. The molecule has 0 bridgehead atoms. The molecule has 0 spiro atoms. The lowest BCUT2D eigenvalue weighted by Crippen LogP contribution is -2.27. The molecule has 0 unspecified atom stereocenters. The fourth-order valence-corrected chi connectivity index (χ4v) is 4.01. The molecule has 1 saturated heterocycles. The summed E-state index contributed by atoms with van der Waals surface area (Å²) in [4.78, 5) is 21.7. The van der Waals surface area contributed by atoms with E-state index in [1.54, 1.807) is 6.92 Å². The summed E-state index contributed by atoms with van der Waals surface area (Å²) < 4.78 is 30.9. The molecule has 11 heteroatoms. The number of hydrazone groups is 1. The highest BCUT2D eigenvalue weighted by atomic mass is 32.2. The van der Waals surface area contributed by atoms with Gasteiger partial charge in [0.25, 0.3) is 5.69 Å². The van der Waals surface area contributed by atoms with E-state index in [2.05, 4.69) is 15.3 Å². The minimum absolute atomic E-state index is 0.0274. The molecule has 0 amide bonds. The predicted molar refractivity (Wildman–Crippen MR) is 94.5 cm³/mol. The van der Waals surface area contributed by atoms with Gasteiger partial charge in [0, 0.05) is 24.9 Å². The van der Waals surface area contributed by atoms with Crippen LogP contribution in [0.2, 0.25) is 0 Å². The van der Waals surface area contributed by atoms with Crippen LogP contribution in [-0.2, 0) is 19.6 Å². The van der Waals surface area contributed by atoms with Gasteiger partial charge in [-0.2, -0.15) is 9.41 Å². The van der Waals surface area contributed by atoms with Crippen LogP contribution in [0.4, 0.5) is 11.4 Å². The van der Waals surface area contributed by atoms with Crippen molar-refractivity contribution in [1.29, 1.82) is 0 Å². The summed E-state index contributed by atoms with van der Waals surface area (Å²) in [6.45, 7) is 2.38. The van der Waals surface area contributed by atoms with E-state index in [0.717, 1.165) is 18.9 Å². The molecule has 142 valence electrons. The zero-order valence-electron chi connectivity index (χ0n) is 14.5. The highest BCUT2D eigenvalue weighted by Gasteiger charge is 2.29. The first-order valence-electron chi connectivity index (χ1n) is 7.90. The van der Waals surface area contributed by atoms with Crippen molar-refractivity contribution in [3.8, 4) is 0 Å².